The van der Waals surface area contributed by atoms with Gasteiger partial charge in [0, 0.05) is 19.2 Å². The topological polar surface area (TPSA) is 132 Å². The van der Waals surface area contributed by atoms with Gasteiger partial charge < -0.3 is 29.2 Å². The second-order valence-electron chi connectivity index (χ2n) is 7.70. The predicted molar refractivity (Wildman–Crippen MR) is 122 cm³/mol. The summed E-state index contributed by atoms with van der Waals surface area (Å²) in [6, 6.07) is 7.41. The van der Waals surface area contributed by atoms with E-state index in [1.54, 1.807) is 17.9 Å². The van der Waals surface area contributed by atoms with Gasteiger partial charge in [-0.1, -0.05) is 0 Å². The summed E-state index contributed by atoms with van der Waals surface area (Å²) in [4.78, 5) is 25.6. The molecule has 0 bridgehead atoms. The van der Waals surface area contributed by atoms with Crippen molar-refractivity contribution in [2.45, 2.75) is 11.8 Å². The van der Waals surface area contributed by atoms with Crippen molar-refractivity contribution in [2.75, 3.05) is 56.7 Å². The van der Waals surface area contributed by atoms with Crippen LogP contribution in [0.3, 0.4) is 0 Å². The zero-order valence-corrected chi connectivity index (χ0v) is 19.6. The zero-order valence-electron chi connectivity index (χ0n) is 18.8. The Hall–Kier alpha value is -3.51. The van der Waals surface area contributed by atoms with Crippen LogP contribution in [0.4, 0.5) is 11.4 Å². The highest BCUT2D eigenvalue weighted by Crippen LogP contribution is 2.35. The van der Waals surface area contributed by atoms with E-state index in [9.17, 15) is 18.0 Å². The monoisotopic (exact) mass is 491 g/mol. The third kappa shape index (κ3) is 5.18. The molecule has 11 nitrogen and oxygen atoms in total. The third-order valence-corrected chi connectivity index (χ3v) is 6.85. The summed E-state index contributed by atoms with van der Waals surface area (Å²) in [7, 11) is -2.58. The Morgan fingerprint density at radius 3 is 2.68 bits per heavy atom. The van der Waals surface area contributed by atoms with Crippen LogP contribution in [0.2, 0.25) is 0 Å². The lowest BCUT2D eigenvalue weighted by atomic mass is 10.2. The number of aryl methyl sites for hydroxylation is 1. The molecule has 2 N–H and O–H groups in total. The first-order valence-corrected chi connectivity index (χ1v) is 12.0. The van der Waals surface area contributed by atoms with Crippen molar-refractivity contribution in [2.24, 2.45) is 0 Å². The molecule has 0 atom stereocenters. The number of ether oxygens (including phenoxy) is 4. The van der Waals surface area contributed by atoms with Gasteiger partial charge in [-0.15, -0.1) is 0 Å². The fourth-order valence-corrected chi connectivity index (χ4v) is 4.90. The third-order valence-electron chi connectivity index (χ3n) is 5.33. The number of hydrogen-bond donors (Lipinski definition) is 2. The number of amides is 2. The number of rotatable bonds is 7. The average Bonchev–Trinajstić information content (AvgIpc) is 2.83. The van der Waals surface area contributed by atoms with E-state index in [0.717, 1.165) is 0 Å². The molecule has 182 valence electrons. The SMILES string of the molecule is COc1cc(NS(=O)(=O)c2cc3c(cc2C)OCC(=O)N3)ccc1OCC(=O)N1CCOCC1. The van der Waals surface area contributed by atoms with Gasteiger partial charge in [-0.3, -0.25) is 14.3 Å². The number of sulfonamides is 1. The normalized spacial score (nSPS) is 15.6. The Morgan fingerprint density at radius 1 is 1.18 bits per heavy atom. The highest BCUT2D eigenvalue weighted by Gasteiger charge is 2.24. The van der Waals surface area contributed by atoms with Gasteiger partial charge in [0.05, 0.1) is 36.6 Å². The predicted octanol–water partition coefficient (Wildman–Crippen LogP) is 1.37. The first kappa shape index (κ1) is 23.6. The van der Waals surface area contributed by atoms with Crippen LogP contribution in [0.5, 0.6) is 17.2 Å². The lowest BCUT2D eigenvalue weighted by Crippen LogP contribution is -2.43. The van der Waals surface area contributed by atoms with Crippen LogP contribution in [0.25, 0.3) is 0 Å². The molecule has 2 amide bonds. The summed E-state index contributed by atoms with van der Waals surface area (Å²) in [5.74, 6) is 0.440. The second-order valence-corrected chi connectivity index (χ2v) is 9.35. The Morgan fingerprint density at radius 2 is 1.94 bits per heavy atom. The van der Waals surface area contributed by atoms with Crippen molar-refractivity contribution < 1.29 is 37.0 Å². The number of carbonyl (C=O) groups excluding carboxylic acids is 2. The molecule has 12 heteroatoms. The number of anilines is 2. The minimum atomic E-state index is -4.00. The van der Waals surface area contributed by atoms with Crippen LogP contribution in [0, 0.1) is 6.92 Å². The molecule has 0 radical (unpaired) electrons. The Balaban J connectivity index is 1.49. The number of hydrogen-bond acceptors (Lipinski definition) is 8. The van der Waals surface area contributed by atoms with Crippen LogP contribution in [-0.4, -0.2) is 71.8 Å². The van der Waals surface area contributed by atoms with Gasteiger partial charge >= 0.3 is 0 Å². The number of benzene rings is 2. The summed E-state index contributed by atoms with van der Waals surface area (Å²) in [6.45, 7) is 3.35. The first-order valence-electron chi connectivity index (χ1n) is 10.5. The van der Waals surface area contributed by atoms with Gasteiger partial charge in [-0.2, -0.15) is 0 Å². The van der Waals surface area contributed by atoms with Gasteiger partial charge in [0.2, 0.25) is 0 Å². The van der Waals surface area contributed by atoms with Crippen LogP contribution in [0.1, 0.15) is 5.56 Å². The summed E-state index contributed by atoms with van der Waals surface area (Å²) in [5, 5.41) is 2.61. The van der Waals surface area contributed by atoms with Crippen molar-refractivity contribution >= 4 is 33.2 Å². The van der Waals surface area contributed by atoms with Crippen molar-refractivity contribution in [1.82, 2.24) is 4.90 Å². The lowest BCUT2D eigenvalue weighted by molar-refractivity contribution is -0.137. The molecule has 2 heterocycles. The molecular weight excluding hydrogens is 466 g/mol. The standard InChI is InChI=1S/C22H25N3O8S/c1-14-9-18-16(23-21(26)12-32-18)11-20(14)34(28,29)24-15-3-4-17(19(10-15)30-2)33-13-22(27)25-5-7-31-8-6-25/h3-4,9-11,24H,5-8,12-13H2,1-2H3,(H,23,26). The van der Waals surface area contributed by atoms with E-state index in [-0.39, 0.29) is 47.0 Å². The fourth-order valence-electron chi connectivity index (χ4n) is 3.60. The van der Waals surface area contributed by atoms with Crippen molar-refractivity contribution in [3.63, 3.8) is 0 Å². The summed E-state index contributed by atoms with van der Waals surface area (Å²) in [6.07, 6.45) is 0. The lowest BCUT2D eigenvalue weighted by Gasteiger charge is -2.26. The Labute approximate surface area is 197 Å². The smallest absolute Gasteiger partial charge is 0.262 e. The van der Waals surface area contributed by atoms with E-state index in [4.69, 9.17) is 18.9 Å². The Kier molecular flexibility index (Phi) is 6.80. The molecule has 2 aromatic rings. The fraction of sp³-hybridized carbons (Fsp3) is 0.364. The van der Waals surface area contributed by atoms with Crippen LogP contribution in [-0.2, 0) is 24.3 Å². The molecule has 1 saturated heterocycles. The van der Waals surface area contributed by atoms with E-state index in [2.05, 4.69) is 10.0 Å². The van der Waals surface area contributed by atoms with Crippen LogP contribution >= 0.6 is 0 Å². The number of carbonyl (C=O) groups is 2. The van der Waals surface area contributed by atoms with Gasteiger partial charge in [-0.05, 0) is 36.8 Å². The molecule has 2 aromatic carbocycles. The van der Waals surface area contributed by atoms with E-state index in [1.807, 2.05) is 0 Å². The van der Waals surface area contributed by atoms with E-state index in [1.165, 1.54) is 31.4 Å². The molecule has 0 aliphatic carbocycles. The Bertz CT molecular complexity index is 1210. The van der Waals surface area contributed by atoms with Crippen molar-refractivity contribution in [3.8, 4) is 17.2 Å². The highest BCUT2D eigenvalue weighted by molar-refractivity contribution is 7.92. The molecule has 0 aromatic heterocycles. The summed E-state index contributed by atoms with van der Waals surface area (Å²) < 4.78 is 50.2. The molecule has 34 heavy (non-hydrogen) atoms. The van der Waals surface area contributed by atoms with Gasteiger partial charge in [0.15, 0.2) is 24.7 Å². The molecule has 0 saturated carbocycles. The summed E-state index contributed by atoms with van der Waals surface area (Å²) >= 11 is 0. The summed E-state index contributed by atoms with van der Waals surface area (Å²) in [5.41, 5.74) is 0.977. The van der Waals surface area contributed by atoms with Crippen LogP contribution in [0.15, 0.2) is 35.2 Å². The number of fused-ring (bicyclic) bond motifs is 1. The maximum Gasteiger partial charge on any atom is 0.262 e. The minimum absolute atomic E-state index is 0.00699. The van der Waals surface area contributed by atoms with Gasteiger partial charge in [0.1, 0.15) is 5.75 Å². The molecular formula is C22H25N3O8S. The highest BCUT2D eigenvalue weighted by atomic mass is 32.2. The molecule has 0 spiro atoms. The van der Waals surface area contributed by atoms with Crippen LogP contribution < -0.4 is 24.2 Å². The molecule has 2 aliphatic heterocycles. The van der Waals surface area contributed by atoms with Crippen molar-refractivity contribution in [3.05, 3.63) is 35.9 Å². The number of methoxy groups -OCH3 is 1. The minimum Gasteiger partial charge on any atom is -0.493 e. The maximum atomic E-state index is 13.1. The molecule has 4 rings (SSSR count). The quantitative estimate of drug-likeness (QED) is 0.594. The molecule has 1 fully saturated rings. The van der Waals surface area contributed by atoms with E-state index < -0.39 is 10.0 Å². The van der Waals surface area contributed by atoms with Gasteiger partial charge in [0.25, 0.3) is 21.8 Å². The van der Waals surface area contributed by atoms with E-state index >= 15 is 0 Å². The second kappa shape index (κ2) is 9.77. The van der Waals surface area contributed by atoms with Gasteiger partial charge in [-0.25, -0.2) is 8.42 Å². The molecule has 2 aliphatic rings. The number of nitrogens with zero attached hydrogens (tertiary/aromatic N) is 1. The van der Waals surface area contributed by atoms with E-state index in [0.29, 0.717) is 43.4 Å². The first-order chi connectivity index (χ1) is 16.3. The number of nitrogens with one attached hydrogen (secondary N) is 2. The zero-order chi connectivity index (χ0) is 24.3. The number of morpholine rings is 1. The maximum absolute atomic E-state index is 13.1. The van der Waals surface area contributed by atoms with Crippen molar-refractivity contribution in [1.29, 1.82) is 0 Å². The average molecular weight is 492 g/mol. The molecule has 0 unspecified atom stereocenters. The largest absolute Gasteiger partial charge is 0.493 e.